The minimum absolute atomic E-state index is 0.0787. The lowest BCUT2D eigenvalue weighted by Crippen LogP contribution is -2.43. The zero-order chi connectivity index (χ0) is 21.7. The molecule has 0 aliphatic carbocycles. The van der Waals surface area contributed by atoms with Gasteiger partial charge in [-0.15, -0.1) is 0 Å². The van der Waals surface area contributed by atoms with Crippen LogP contribution in [0.1, 0.15) is 28.6 Å². The second-order valence-electron chi connectivity index (χ2n) is 6.33. The maximum Gasteiger partial charge on any atom is 0.416 e. The molecule has 0 aliphatic heterocycles. The number of hydrazine groups is 1. The second-order valence-corrected chi connectivity index (χ2v) is 6.73. The van der Waals surface area contributed by atoms with E-state index in [0.29, 0.717) is 0 Å². The fraction of sp³-hybridized carbons (Fsp3) is 0.143. The number of anilines is 1. The van der Waals surface area contributed by atoms with Crippen molar-refractivity contribution in [2.24, 2.45) is 0 Å². The number of nitrogens with one attached hydrogen (secondary N) is 3. The summed E-state index contributed by atoms with van der Waals surface area (Å²) >= 11 is 5.12. The summed E-state index contributed by atoms with van der Waals surface area (Å²) < 4.78 is 44.0. The summed E-state index contributed by atoms with van der Waals surface area (Å²) in [7, 11) is 0. The molecule has 156 valence electrons. The van der Waals surface area contributed by atoms with Crippen molar-refractivity contribution < 1.29 is 22.4 Å². The molecule has 5 nitrogen and oxygen atoms in total. The Bertz CT molecular complexity index is 1050. The first kappa shape index (κ1) is 21.4. The summed E-state index contributed by atoms with van der Waals surface area (Å²) in [5, 5.41) is 3.08. The number of halogens is 3. The Morgan fingerprint density at radius 3 is 2.43 bits per heavy atom. The zero-order valence-corrected chi connectivity index (χ0v) is 16.7. The van der Waals surface area contributed by atoms with Crippen LogP contribution in [0.25, 0.3) is 11.3 Å². The summed E-state index contributed by atoms with van der Waals surface area (Å²) in [6.07, 6.45) is -3.54. The van der Waals surface area contributed by atoms with Gasteiger partial charge >= 0.3 is 12.1 Å². The van der Waals surface area contributed by atoms with Gasteiger partial charge in [0.1, 0.15) is 5.76 Å². The van der Waals surface area contributed by atoms with Gasteiger partial charge in [-0.1, -0.05) is 31.2 Å². The Morgan fingerprint density at radius 2 is 1.77 bits per heavy atom. The minimum atomic E-state index is -4.47. The Kier molecular flexibility index (Phi) is 6.41. The van der Waals surface area contributed by atoms with Gasteiger partial charge in [0, 0.05) is 11.3 Å². The summed E-state index contributed by atoms with van der Waals surface area (Å²) in [5.41, 5.74) is 6.27. The SMILES string of the molecule is CCc1ccc(NC(=S)NNC(=O)c2ccc(-c3cccc(C(F)(F)F)c3)o2)cc1. The van der Waals surface area contributed by atoms with Crippen LogP contribution in [0, 0.1) is 0 Å². The van der Waals surface area contributed by atoms with Crippen molar-refractivity contribution in [3.63, 3.8) is 0 Å². The smallest absolute Gasteiger partial charge is 0.416 e. The fourth-order valence-electron chi connectivity index (χ4n) is 2.63. The normalized spacial score (nSPS) is 11.1. The summed E-state index contributed by atoms with van der Waals surface area (Å²) in [6, 6.07) is 15.1. The molecule has 1 amide bonds. The lowest BCUT2D eigenvalue weighted by atomic mass is 10.1. The number of amides is 1. The van der Waals surface area contributed by atoms with E-state index in [1.165, 1.54) is 29.8 Å². The van der Waals surface area contributed by atoms with E-state index in [0.717, 1.165) is 24.2 Å². The van der Waals surface area contributed by atoms with Gasteiger partial charge in [0.25, 0.3) is 0 Å². The Hall–Kier alpha value is -3.33. The lowest BCUT2D eigenvalue weighted by Gasteiger charge is -2.11. The number of thiocarbonyl (C=S) groups is 1. The molecule has 0 radical (unpaired) electrons. The highest BCUT2D eigenvalue weighted by molar-refractivity contribution is 7.80. The molecule has 3 N–H and O–H groups in total. The number of furan rings is 1. The highest BCUT2D eigenvalue weighted by Crippen LogP contribution is 2.32. The number of carbonyl (C=O) groups excluding carboxylic acids is 1. The quantitative estimate of drug-likeness (QED) is 0.392. The molecule has 30 heavy (non-hydrogen) atoms. The van der Waals surface area contributed by atoms with E-state index in [9.17, 15) is 18.0 Å². The summed E-state index contributed by atoms with van der Waals surface area (Å²) in [5.74, 6) is -0.563. The average molecular weight is 433 g/mol. The van der Waals surface area contributed by atoms with Crippen LogP contribution < -0.4 is 16.2 Å². The molecule has 3 aromatic rings. The predicted molar refractivity (Wildman–Crippen MR) is 112 cm³/mol. The van der Waals surface area contributed by atoms with Crippen molar-refractivity contribution in [1.29, 1.82) is 0 Å². The first-order valence-electron chi connectivity index (χ1n) is 9.00. The number of aryl methyl sites for hydroxylation is 1. The van der Waals surface area contributed by atoms with Crippen molar-refractivity contribution in [3.05, 3.63) is 77.6 Å². The zero-order valence-electron chi connectivity index (χ0n) is 15.8. The van der Waals surface area contributed by atoms with Crippen molar-refractivity contribution in [3.8, 4) is 11.3 Å². The second kappa shape index (κ2) is 9.00. The van der Waals surface area contributed by atoms with E-state index in [1.54, 1.807) is 0 Å². The van der Waals surface area contributed by atoms with Crippen LogP contribution in [0.2, 0.25) is 0 Å². The highest BCUT2D eigenvalue weighted by atomic mass is 32.1. The van der Waals surface area contributed by atoms with Crippen molar-refractivity contribution in [2.75, 3.05) is 5.32 Å². The van der Waals surface area contributed by atoms with Crippen molar-refractivity contribution in [2.45, 2.75) is 19.5 Å². The summed E-state index contributed by atoms with van der Waals surface area (Å²) in [6.45, 7) is 2.05. The summed E-state index contributed by atoms with van der Waals surface area (Å²) in [4.78, 5) is 12.2. The molecule has 0 spiro atoms. The number of alkyl halides is 3. The fourth-order valence-corrected chi connectivity index (χ4v) is 2.79. The Labute approximate surface area is 176 Å². The number of rotatable bonds is 4. The lowest BCUT2D eigenvalue weighted by molar-refractivity contribution is -0.137. The van der Waals surface area contributed by atoms with Crippen LogP contribution in [0.4, 0.5) is 18.9 Å². The maximum atomic E-state index is 12.9. The van der Waals surface area contributed by atoms with E-state index in [4.69, 9.17) is 16.6 Å². The third-order valence-corrected chi connectivity index (χ3v) is 4.42. The molecule has 0 bridgehead atoms. The van der Waals surface area contributed by atoms with Gasteiger partial charge in [0.15, 0.2) is 10.9 Å². The molecule has 9 heteroatoms. The van der Waals surface area contributed by atoms with Crippen LogP contribution >= 0.6 is 12.2 Å². The van der Waals surface area contributed by atoms with Gasteiger partial charge in [0.2, 0.25) is 0 Å². The first-order chi connectivity index (χ1) is 14.3. The molecule has 2 aromatic carbocycles. The van der Waals surface area contributed by atoms with Crippen LogP contribution in [0.15, 0.2) is 65.1 Å². The topological polar surface area (TPSA) is 66.3 Å². The monoisotopic (exact) mass is 433 g/mol. The van der Waals surface area contributed by atoms with Crippen LogP contribution in [0.5, 0.6) is 0 Å². The van der Waals surface area contributed by atoms with E-state index in [1.807, 2.05) is 24.3 Å². The highest BCUT2D eigenvalue weighted by Gasteiger charge is 2.30. The Morgan fingerprint density at radius 1 is 1.03 bits per heavy atom. The van der Waals surface area contributed by atoms with Gasteiger partial charge < -0.3 is 9.73 Å². The molecule has 0 saturated carbocycles. The molecular formula is C21H18F3N3O2S. The van der Waals surface area contributed by atoms with Gasteiger partial charge in [-0.2, -0.15) is 13.2 Å². The van der Waals surface area contributed by atoms with Gasteiger partial charge in [-0.05, 0) is 60.6 Å². The molecular weight excluding hydrogens is 415 g/mol. The third-order valence-electron chi connectivity index (χ3n) is 4.21. The molecule has 0 fully saturated rings. The Balaban J connectivity index is 1.59. The molecule has 0 unspecified atom stereocenters. The molecule has 1 heterocycles. The van der Waals surface area contributed by atoms with Gasteiger partial charge in [-0.25, -0.2) is 0 Å². The van der Waals surface area contributed by atoms with Gasteiger partial charge in [0.05, 0.1) is 5.56 Å². The van der Waals surface area contributed by atoms with Crippen LogP contribution in [0.3, 0.4) is 0 Å². The largest absolute Gasteiger partial charge is 0.451 e. The number of carbonyl (C=O) groups is 1. The predicted octanol–water partition coefficient (Wildman–Crippen LogP) is 5.16. The first-order valence-corrected chi connectivity index (χ1v) is 9.41. The molecule has 1 aromatic heterocycles. The van der Waals surface area contributed by atoms with Crippen molar-refractivity contribution in [1.82, 2.24) is 10.9 Å². The maximum absolute atomic E-state index is 12.9. The van der Waals surface area contributed by atoms with Gasteiger partial charge in [-0.3, -0.25) is 15.6 Å². The standard InChI is InChI=1S/C21H18F3N3O2S/c1-2-13-6-8-16(9-7-13)25-20(30)27-26-19(28)18-11-10-17(29-18)14-4-3-5-15(12-14)21(22,23)24/h3-12H,2H2,1H3,(H,26,28)(H2,25,27,30). The van der Waals surface area contributed by atoms with E-state index < -0.39 is 17.6 Å². The molecule has 3 rings (SSSR count). The van der Waals surface area contributed by atoms with E-state index >= 15 is 0 Å². The molecule has 0 saturated heterocycles. The molecule has 0 atom stereocenters. The van der Waals surface area contributed by atoms with Crippen molar-refractivity contribution >= 4 is 28.9 Å². The van der Waals surface area contributed by atoms with Crippen LogP contribution in [-0.4, -0.2) is 11.0 Å². The number of hydrogen-bond acceptors (Lipinski definition) is 3. The van der Waals surface area contributed by atoms with E-state index in [-0.39, 0.29) is 22.2 Å². The third kappa shape index (κ3) is 5.38. The average Bonchev–Trinajstić information content (AvgIpc) is 3.22. The number of hydrogen-bond donors (Lipinski definition) is 3. The minimum Gasteiger partial charge on any atom is -0.451 e. The number of benzene rings is 2. The van der Waals surface area contributed by atoms with E-state index in [2.05, 4.69) is 23.1 Å². The van der Waals surface area contributed by atoms with Crippen LogP contribution in [-0.2, 0) is 12.6 Å². The molecule has 0 aliphatic rings.